The van der Waals surface area contributed by atoms with Crippen LogP contribution in [-0.2, 0) is 4.79 Å². The quantitative estimate of drug-likeness (QED) is 0.215. The van der Waals surface area contributed by atoms with Gasteiger partial charge in [0.2, 0.25) is 0 Å². The van der Waals surface area contributed by atoms with Crippen LogP contribution in [0.3, 0.4) is 0 Å². The van der Waals surface area contributed by atoms with Gasteiger partial charge in [0.1, 0.15) is 0 Å². The first kappa shape index (κ1) is 20.7. The lowest BCUT2D eigenvalue weighted by Gasteiger charge is -1.96. The highest BCUT2D eigenvalue weighted by Crippen LogP contribution is 2.07. The Hall–Kier alpha value is -1.31. The highest BCUT2D eigenvalue weighted by molar-refractivity contribution is 5.66. The molecule has 22 heavy (non-hydrogen) atoms. The monoisotopic (exact) mass is 306 g/mol. The van der Waals surface area contributed by atoms with Gasteiger partial charge in [0.25, 0.3) is 0 Å². The minimum absolute atomic E-state index is 0.246. The molecular weight excluding hydrogens is 272 g/mol. The first-order chi connectivity index (χ1) is 10.8. The zero-order valence-corrected chi connectivity index (χ0v) is 14.3. The molecule has 0 atom stereocenters. The van der Waals surface area contributed by atoms with Gasteiger partial charge in [-0.15, -0.1) is 0 Å². The van der Waals surface area contributed by atoms with Crippen molar-refractivity contribution in [2.24, 2.45) is 0 Å². The molecule has 0 unspecified atom stereocenters. The summed E-state index contributed by atoms with van der Waals surface area (Å²) in [5.74, 6) is -0.714. The number of rotatable bonds is 15. The second-order valence-electron chi connectivity index (χ2n) is 5.75. The summed E-state index contributed by atoms with van der Waals surface area (Å²) in [6.45, 7) is 2.24. The van der Waals surface area contributed by atoms with Crippen LogP contribution in [0.1, 0.15) is 84.0 Å². The van der Waals surface area contributed by atoms with E-state index < -0.39 is 5.97 Å². The van der Waals surface area contributed by atoms with E-state index in [1.807, 2.05) is 6.08 Å². The molecule has 0 bridgehead atoms. The van der Waals surface area contributed by atoms with Crippen LogP contribution in [-0.4, -0.2) is 11.1 Å². The van der Waals surface area contributed by atoms with Gasteiger partial charge in [-0.05, 0) is 44.9 Å². The Kier molecular flexibility index (Phi) is 16.7. The fourth-order valence-corrected chi connectivity index (χ4v) is 2.18. The van der Waals surface area contributed by atoms with Gasteiger partial charge in [-0.2, -0.15) is 0 Å². The Labute approximate surface area is 137 Å². The van der Waals surface area contributed by atoms with Crippen molar-refractivity contribution in [1.29, 1.82) is 0 Å². The van der Waals surface area contributed by atoms with Crippen LogP contribution in [0.15, 0.2) is 36.5 Å². The summed E-state index contributed by atoms with van der Waals surface area (Å²) in [6.07, 6.45) is 26.3. The average Bonchev–Trinajstić information content (AvgIpc) is 2.50. The molecule has 0 saturated carbocycles. The van der Waals surface area contributed by atoms with Crippen molar-refractivity contribution in [3.63, 3.8) is 0 Å². The van der Waals surface area contributed by atoms with Crippen LogP contribution in [0.2, 0.25) is 0 Å². The van der Waals surface area contributed by atoms with E-state index >= 15 is 0 Å². The summed E-state index contributed by atoms with van der Waals surface area (Å²) in [5, 5.41) is 8.50. The summed E-state index contributed by atoms with van der Waals surface area (Å²) < 4.78 is 0. The Morgan fingerprint density at radius 1 is 0.727 bits per heavy atom. The Bertz CT molecular complexity index is 327. The lowest BCUT2D eigenvalue weighted by molar-refractivity contribution is -0.136. The predicted molar refractivity (Wildman–Crippen MR) is 96.1 cm³/mol. The van der Waals surface area contributed by atoms with E-state index in [9.17, 15) is 4.79 Å². The first-order valence-electron chi connectivity index (χ1n) is 8.95. The molecule has 0 aliphatic rings. The molecule has 0 rings (SSSR count). The van der Waals surface area contributed by atoms with Crippen molar-refractivity contribution >= 4 is 5.97 Å². The molecule has 0 spiro atoms. The number of carboxylic acids is 1. The van der Waals surface area contributed by atoms with Gasteiger partial charge in [0, 0.05) is 6.42 Å². The number of aliphatic carboxylic acids is 1. The fourth-order valence-electron chi connectivity index (χ4n) is 2.18. The van der Waals surface area contributed by atoms with E-state index in [0.717, 1.165) is 6.42 Å². The van der Waals surface area contributed by atoms with Crippen LogP contribution < -0.4 is 0 Å². The standard InChI is InChI=1S/C20H34O2/c1-2-3-4-5-6-7-8-9-10-11-12-13-14-15-16-17-18-19-20(21)22/h6-9,16-17H,2-5,10-15,18-19H2,1H3,(H,21,22). The molecule has 0 aliphatic heterocycles. The molecule has 0 radical (unpaired) electrons. The maximum absolute atomic E-state index is 10.3. The van der Waals surface area contributed by atoms with Gasteiger partial charge in [-0.25, -0.2) is 0 Å². The lowest BCUT2D eigenvalue weighted by atomic mass is 10.1. The molecule has 0 fully saturated rings. The second kappa shape index (κ2) is 17.7. The van der Waals surface area contributed by atoms with E-state index in [0.29, 0.717) is 6.42 Å². The van der Waals surface area contributed by atoms with Crippen molar-refractivity contribution in [2.45, 2.75) is 84.0 Å². The third kappa shape index (κ3) is 18.7. The van der Waals surface area contributed by atoms with E-state index in [-0.39, 0.29) is 6.42 Å². The Morgan fingerprint density at radius 2 is 1.23 bits per heavy atom. The molecule has 0 aromatic heterocycles. The predicted octanol–water partition coefficient (Wildman–Crippen LogP) is 6.44. The first-order valence-corrected chi connectivity index (χ1v) is 8.95. The van der Waals surface area contributed by atoms with Crippen LogP contribution in [0.4, 0.5) is 0 Å². The summed E-state index contributed by atoms with van der Waals surface area (Å²) in [5.41, 5.74) is 0. The third-order valence-corrected chi connectivity index (χ3v) is 3.54. The molecule has 0 amide bonds. The van der Waals surface area contributed by atoms with Gasteiger partial charge < -0.3 is 5.11 Å². The van der Waals surface area contributed by atoms with Crippen LogP contribution >= 0.6 is 0 Å². The number of hydrogen-bond acceptors (Lipinski definition) is 1. The van der Waals surface area contributed by atoms with Crippen LogP contribution in [0.5, 0.6) is 0 Å². The molecule has 0 aromatic carbocycles. The van der Waals surface area contributed by atoms with Crippen molar-refractivity contribution in [3.8, 4) is 0 Å². The second-order valence-corrected chi connectivity index (χ2v) is 5.75. The summed E-state index contributed by atoms with van der Waals surface area (Å²) in [7, 11) is 0. The van der Waals surface area contributed by atoms with Gasteiger partial charge >= 0.3 is 5.97 Å². The molecule has 0 aromatic rings. The van der Waals surface area contributed by atoms with Gasteiger partial charge in [0.05, 0.1) is 0 Å². The summed E-state index contributed by atoms with van der Waals surface area (Å²) in [4.78, 5) is 10.3. The maximum atomic E-state index is 10.3. The largest absolute Gasteiger partial charge is 0.481 e. The van der Waals surface area contributed by atoms with E-state index in [4.69, 9.17) is 5.11 Å². The van der Waals surface area contributed by atoms with E-state index in [1.165, 1.54) is 57.8 Å². The number of hydrogen-bond donors (Lipinski definition) is 1. The number of carbonyl (C=O) groups is 1. The van der Waals surface area contributed by atoms with Gasteiger partial charge in [-0.1, -0.05) is 69.1 Å². The molecule has 0 saturated heterocycles. The smallest absolute Gasteiger partial charge is 0.303 e. The Morgan fingerprint density at radius 3 is 1.77 bits per heavy atom. The highest BCUT2D eigenvalue weighted by Gasteiger charge is 1.91. The molecule has 126 valence electrons. The number of allylic oxidation sites excluding steroid dienone is 6. The minimum atomic E-state index is -0.714. The molecule has 1 N–H and O–H groups in total. The van der Waals surface area contributed by atoms with Crippen LogP contribution in [0.25, 0.3) is 0 Å². The van der Waals surface area contributed by atoms with Crippen molar-refractivity contribution in [1.82, 2.24) is 0 Å². The van der Waals surface area contributed by atoms with E-state index in [1.54, 1.807) is 0 Å². The normalized spacial score (nSPS) is 12.0. The van der Waals surface area contributed by atoms with Crippen molar-refractivity contribution in [3.05, 3.63) is 36.5 Å². The zero-order chi connectivity index (χ0) is 16.3. The minimum Gasteiger partial charge on any atom is -0.481 e. The topological polar surface area (TPSA) is 37.3 Å². The maximum Gasteiger partial charge on any atom is 0.303 e. The van der Waals surface area contributed by atoms with E-state index in [2.05, 4.69) is 37.3 Å². The highest BCUT2D eigenvalue weighted by atomic mass is 16.4. The number of carboxylic acid groups (broad SMARTS) is 1. The fraction of sp³-hybridized carbons (Fsp3) is 0.650. The average molecular weight is 306 g/mol. The lowest BCUT2D eigenvalue weighted by Crippen LogP contribution is -1.91. The third-order valence-electron chi connectivity index (χ3n) is 3.54. The SMILES string of the molecule is CCCCCC=CC=CCCCCCCC=CCCC(=O)O. The number of unbranched alkanes of at least 4 members (excludes halogenated alkanes) is 8. The molecular formula is C20H34O2. The van der Waals surface area contributed by atoms with Crippen molar-refractivity contribution < 1.29 is 9.90 Å². The molecule has 0 aliphatic carbocycles. The van der Waals surface area contributed by atoms with Gasteiger partial charge in [0.15, 0.2) is 0 Å². The van der Waals surface area contributed by atoms with Gasteiger partial charge in [-0.3, -0.25) is 4.79 Å². The molecule has 2 nitrogen and oxygen atoms in total. The molecule has 2 heteroatoms. The summed E-state index contributed by atoms with van der Waals surface area (Å²) >= 11 is 0. The zero-order valence-electron chi connectivity index (χ0n) is 14.3. The summed E-state index contributed by atoms with van der Waals surface area (Å²) in [6, 6.07) is 0. The van der Waals surface area contributed by atoms with Crippen LogP contribution in [0, 0.1) is 0 Å². The molecule has 0 heterocycles. The Balaban J connectivity index is 3.24. The van der Waals surface area contributed by atoms with Crippen molar-refractivity contribution in [2.75, 3.05) is 0 Å².